The monoisotopic (exact) mass is 386 g/mol. The molecule has 1 amide bonds. The lowest BCUT2D eigenvalue weighted by atomic mass is 10.1. The summed E-state index contributed by atoms with van der Waals surface area (Å²) in [7, 11) is -3.54. The summed E-state index contributed by atoms with van der Waals surface area (Å²) in [5, 5.41) is 2.82. The second-order valence-electron chi connectivity index (χ2n) is 7.18. The fourth-order valence-electron chi connectivity index (χ4n) is 3.47. The van der Waals surface area contributed by atoms with Crippen LogP contribution in [-0.4, -0.2) is 31.7 Å². The summed E-state index contributed by atoms with van der Waals surface area (Å²) < 4.78 is 27.5. The van der Waals surface area contributed by atoms with Gasteiger partial charge < -0.3 is 5.32 Å². The van der Waals surface area contributed by atoms with Crippen molar-refractivity contribution in [3.8, 4) is 0 Å². The Kier molecular flexibility index (Phi) is 5.97. The van der Waals surface area contributed by atoms with Crippen molar-refractivity contribution in [1.29, 1.82) is 0 Å². The van der Waals surface area contributed by atoms with E-state index in [9.17, 15) is 13.2 Å². The van der Waals surface area contributed by atoms with Crippen LogP contribution in [0.2, 0.25) is 0 Å². The molecule has 0 bridgehead atoms. The molecule has 1 aliphatic rings. The highest BCUT2D eigenvalue weighted by atomic mass is 32.2. The average Bonchev–Trinajstić information content (AvgIpc) is 2.91. The fraction of sp³-hybridized carbons (Fsp3) is 0.381. The van der Waals surface area contributed by atoms with Crippen molar-refractivity contribution in [3.05, 3.63) is 59.2 Å². The Balaban J connectivity index is 1.81. The SMILES string of the molecule is Cc1cc(C)cc(C(=O)Nc2cccc(S(=O)(=O)N3CCCCCC3)c2)c1. The lowest BCUT2D eigenvalue weighted by Gasteiger charge is -2.20. The maximum atomic E-state index is 13.0. The molecule has 1 N–H and O–H groups in total. The number of aryl methyl sites for hydroxylation is 2. The Hall–Kier alpha value is -2.18. The maximum Gasteiger partial charge on any atom is 0.255 e. The molecule has 3 rings (SSSR count). The van der Waals surface area contributed by atoms with Gasteiger partial charge in [-0.3, -0.25) is 4.79 Å². The first-order valence-corrected chi connectivity index (χ1v) is 10.8. The first-order chi connectivity index (χ1) is 12.9. The molecule has 144 valence electrons. The maximum absolute atomic E-state index is 13.0. The largest absolute Gasteiger partial charge is 0.322 e. The highest BCUT2D eigenvalue weighted by Crippen LogP contribution is 2.23. The Morgan fingerprint density at radius 1 is 0.926 bits per heavy atom. The van der Waals surface area contributed by atoms with Crippen LogP contribution in [0, 0.1) is 13.8 Å². The van der Waals surface area contributed by atoms with E-state index in [0.717, 1.165) is 36.8 Å². The van der Waals surface area contributed by atoms with E-state index in [4.69, 9.17) is 0 Å². The third-order valence-corrected chi connectivity index (χ3v) is 6.67. The number of carbonyl (C=O) groups excluding carboxylic acids is 1. The molecule has 2 aromatic rings. The number of nitrogens with zero attached hydrogens (tertiary/aromatic N) is 1. The molecule has 0 saturated carbocycles. The van der Waals surface area contributed by atoms with E-state index >= 15 is 0 Å². The van der Waals surface area contributed by atoms with Crippen LogP contribution in [0.25, 0.3) is 0 Å². The van der Waals surface area contributed by atoms with E-state index in [1.807, 2.05) is 32.0 Å². The van der Waals surface area contributed by atoms with Crippen LogP contribution >= 0.6 is 0 Å². The van der Waals surface area contributed by atoms with Gasteiger partial charge in [0.2, 0.25) is 10.0 Å². The Labute approximate surface area is 161 Å². The zero-order valence-electron chi connectivity index (χ0n) is 15.9. The highest BCUT2D eigenvalue weighted by Gasteiger charge is 2.25. The summed E-state index contributed by atoms with van der Waals surface area (Å²) in [6, 6.07) is 12.2. The molecule has 1 aliphatic heterocycles. The van der Waals surface area contributed by atoms with Crippen LogP contribution in [-0.2, 0) is 10.0 Å². The summed E-state index contributed by atoms with van der Waals surface area (Å²) in [4.78, 5) is 12.8. The van der Waals surface area contributed by atoms with Crippen molar-refractivity contribution in [3.63, 3.8) is 0 Å². The number of sulfonamides is 1. The van der Waals surface area contributed by atoms with Gasteiger partial charge in [-0.15, -0.1) is 0 Å². The van der Waals surface area contributed by atoms with E-state index in [2.05, 4.69) is 5.32 Å². The smallest absolute Gasteiger partial charge is 0.255 e. The Morgan fingerprint density at radius 3 is 2.19 bits per heavy atom. The molecule has 1 heterocycles. The molecule has 2 aromatic carbocycles. The lowest BCUT2D eigenvalue weighted by molar-refractivity contribution is 0.102. The number of hydrogen-bond acceptors (Lipinski definition) is 3. The van der Waals surface area contributed by atoms with Gasteiger partial charge in [0.15, 0.2) is 0 Å². The first-order valence-electron chi connectivity index (χ1n) is 9.36. The van der Waals surface area contributed by atoms with Crippen molar-refractivity contribution in [2.45, 2.75) is 44.4 Å². The standard InChI is InChI=1S/C21H26N2O3S/c1-16-12-17(2)14-18(13-16)21(24)22-19-8-7-9-20(15-19)27(25,26)23-10-5-3-4-6-11-23/h7-9,12-15H,3-6,10-11H2,1-2H3,(H,22,24). The molecule has 0 aromatic heterocycles. The van der Waals surface area contributed by atoms with Crippen LogP contribution in [0.3, 0.4) is 0 Å². The van der Waals surface area contributed by atoms with E-state index < -0.39 is 10.0 Å². The van der Waals surface area contributed by atoms with Crippen LogP contribution in [0.4, 0.5) is 5.69 Å². The van der Waals surface area contributed by atoms with Crippen molar-refractivity contribution in [1.82, 2.24) is 4.31 Å². The first kappa shape index (κ1) is 19.6. The summed E-state index contributed by atoms with van der Waals surface area (Å²) >= 11 is 0. The molecule has 0 unspecified atom stereocenters. The van der Waals surface area contributed by atoms with Crippen molar-refractivity contribution in [2.75, 3.05) is 18.4 Å². The summed E-state index contributed by atoms with van der Waals surface area (Å²) in [5.41, 5.74) is 3.07. The van der Waals surface area contributed by atoms with Gasteiger partial charge in [-0.25, -0.2) is 8.42 Å². The number of benzene rings is 2. The summed E-state index contributed by atoms with van der Waals surface area (Å²) in [6.07, 6.45) is 3.92. The minimum atomic E-state index is -3.54. The van der Waals surface area contributed by atoms with Crippen molar-refractivity contribution >= 4 is 21.6 Å². The zero-order valence-corrected chi connectivity index (χ0v) is 16.7. The van der Waals surface area contributed by atoms with E-state index in [-0.39, 0.29) is 10.8 Å². The second-order valence-corrected chi connectivity index (χ2v) is 9.11. The number of nitrogens with one attached hydrogen (secondary N) is 1. The van der Waals surface area contributed by atoms with Crippen LogP contribution < -0.4 is 5.32 Å². The summed E-state index contributed by atoms with van der Waals surface area (Å²) in [6.45, 7) is 5.00. The van der Waals surface area contributed by atoms with Crippen molar-refractivity contribution < 1.29 is 13.2 Å². The van der Waals surface area contributed by atoms with Gasteiger partial charge in [0.05, 0.1) is 4.90 Å². The van der Waals surface area contributed by atoms with Gasteiger partial charge in [-0.2, -0.15) is 4.31 Å². The predicted molar refractivity (Wildman–Crippen MR) is 108 cm³/mol. The Bertz CT molecular complexity index is 910. The molecule has 1 fully saturated rings. The molecular weight excluding hydrogens is 360 g/mol. The molecule has 6 heteroatoms. The molecule has 0 atom stereocenters. The van der Waals surface area contributed by atoms with E-state index in [1.165, 1.54) is 0 Å². The average molecular weight is 387 g/mol. The zero-order chi connectivity index (χ0) is 19.4. The van der Waals surface area contributed by atoms with Crippen molar-refractivity contribution in [2.24, 2.45) is 0 Å². The number of anilines is 1. The van der Waals surface area contributed by atoms with E-state index in [1.54, 1.807) is 28.6 Å². The number of hydrogen-bond donors (Lipinski definition) is 1. The second kappa shape index (κ2) is 8.23. The molecule has 5 nitrogen and oxygen atoms in total. The minimum absolute atomic E-state index is 0.225. The summed E-state index contributed by atoms with van der Waals surface area (Å²) in [5.74, 6) is -0.244. The van der Waals surface area contributed by atoms with Gasteiger partial charge in [0, 0.05) is 24.3 Å². The van der Waals surface area contributed by atoms with Gasteiger partial charge in [0.25, 0.3) is 5.91 Å². The quantitative estimate of drug-likeness (QED) is 0.859. The number of rotatable bonds is 4. The molecule has 0 radical (unpaired) electrons. The predicted octanol–water partition coefficient (Wildman–Crippen LogP) is 4.12. The molecule has 0 aliphatic carbocycles. The van der Waals surface area contributed by atoms with Crippen LogP contribution in [0.15, 0.2) is 47.4 Å². The van der Waals surface area contributed by atoms with Gasteiger partial charge in [-0.05, 0) is 57.0 Å². The highest BCUT2D eigenvalue weighted by molar-refractivity contribution is 7.89. The van der Waals surface area contributed by atoms with Gasteiger partial charge in [0.1, 0.15) is 0 Å². The molecule has 0 spiro atoms. The third-order valence-electron chi connectivity index (χ3n) is 4.78. The number of amides is 1. The van der Waals surface area contributed by atoms with E-state index in [0.29, 0.717) is 24.3 Å². The van der Waals surface area contributed by atoms with Gasteiger partial charge in [-0.1, -0.05) is 36.1 Å². The van der Waals surface area contributed by atoms with Gasteiger partial charge >= 0.3 is 0 Å². The molecule has 1 saturated heterocycles. The topological polar surface area (TPSA) is 66.5 Å². The fourth-order valence-corrected chi connectivity index (χ4v) is 5.04. The number of carbonyl (C=O) groups is 1. The Morgan fingerprint density at radius 2 is 1.56 bits per heavy atom. The third kappa shape index (κ3) is 4.76. The minimum Gasteiger partial charge on any atom is -0.322 e. The molecule has 27 heavy (non-hydrogen) atoms. The molecular formula is C21H26N2O3S. The lowest BCUT2D eigenvalue weighted by Crippen LogP contribution is -2.32. The van der Waals surface area contributed by atoms with Crippen LogP contribution in [0.5, 0.6) is 0 Å². The van der Waals surface area contributed by atoms with Crippen LogP contribution in [0.1, 0.15) is 47.2 Å². The normalized spacial score (nSPS) is 15.9.